The molecule has 0 aliphatic rings. The molecule has 0 rings (SSSR count). The summed E-state index contributed by atoms with van der Waals surface area (Å²) in [5.74, 6) is -0.208. The van der Waals surface area contributed by atoms with Gasteiger partial charge in [0.05, 0.1) is 32.2 Å². The Morgan fingerprint density at radius 1 is 1.24 bits per heavy atom. The van der Waals surface area contributed by atoms with Gasteiger partial charge in [-0.05, 0) is 19.8 Å². The average Bonchev–Trinajstić information content (AvgIpc) is 2.30. The molecule has 7 heteroatoms. The van der Waals surface area contributed by atoms with E-state index in [0.29, 0.717) is 12.2 Å². The van der Waals surface area contributed by atoms with Crippen LogP contribution in [0.2, 0.25) is 0 Å². The van der Waals surface area contributed by atoms with Crippen molar-refractivity contribution < 1.29 is 22.5 Å². The van der Waals surface area contributed by atoms with E-state index in [2.05, 4.69) is 15.9 Å². The van der Waals surface area contributed by atoms with E-state index in [1.165, 1.54) is 0 Å². The van der Waals surface area contributed by atoms with Crippen molar-refractivity contribution >= 4 is 32.8 Å². The Balaban J connectivity index is 4.03. The lowest BCUT2D eigenvalue weighted by Crippen LogP contribution is -2.27. The van der Waals surface area contributed by atoms with Crippen LogP contribution in [0.5, 0.6) is 0 Å². The van der Waals surface area contributed by atoms with Crippen LogP contribution < -0.4 is 0 Å². The molecule has 0 saturated carbocycles. The highest BCUT2D eigenvalue weighted by Gasteiger charge is 2.29. The SMILES string of the molecule is COS(CCCCC(C)(Br)C(=O)O)(OC)OC. The summed E-state index contributed by atoms with van der Waals surface area (Å²) in [7, 11) is 2.74. The highest BCUT2D eigenvalue weighted by atomic mass is 79.9. The van der Waals surface area contributed by atoms with Gasteiger partial charge in [0.2, 0.25) is 0 Å². The molecule has 0 radical (unpaired) electrons. The summed E-state index contributed by atoms with van der Waals surface area (Å²) < 4.78 is 14.8. The minimum Gasteiger partial charge on any atom is -0.480 e. The maximum atomic E-state index is 10.9. The molecule has 1 atom stereocenters. The van der Waals surface area contributed by atoms with E-state index in [-0.39, 0.29) is 0 Å². The number of hydrogen-bond donors (Lipinski definition) is 1. The third-order valence-electron chi connectivity index (χ3n) is 2.50. The Kier molecular flexibility index (Phi) is 7.66. The number of rotatable bonds is 9. The normalized spacial score (nSPS) is 16.5. The molecule has 0 saturated heterocycles. The molecule has 0 aromatic heterocycles. The van der Waals surface area contributed by atoms with Crippen LogP contribution in [0.25, 0.3) is 0 Å². The predicted octanol–water partition coefficient (Wildman–Crippen LogP) is 2.88. The van der Waals surface area contributed by atoms with Crippen LogP contribution in [-0.2, 0) is 17.3 Å². The van der Waals surface area contributed by atoms with Crippen LogP contribution in [0.1, 0.15) is 26.2 Å². The van der Waals surface area contributed by atoms with Gasteiger partial charge in [0.25, 0.3) is 0 Å². The topological polar surface area (TPSA) is 65.0 Å². The third kappa shape index (κ3) is 5.56. The van der Waals surface area contributed by atoms with Gasteiger partial charge in [-0.25, -0.2) is 0 Å². The summed E-state index contributed by atoms with van der Waals surface area (Å²) in [6.45, 7) is 1.65. The molecule has 5 nitrogen and oxygen atoms in total. The number of carboxylic acids is 1. The van der Waals surface area contributed by atoms with Crippen LogP contribution in [0.4, 0.5) is 0 Å². The largest absolute Gasteiger partial charge is 0.480 e. The highest BCUT2D eigenvalue weighted by Crippen LogP contribution is 2.50. The Morgan fingerprint density at radius 2 is 1.71 bits per heavy atom. The van der Waals surface area contributed by atoms with Gasteiger partial charge in [0.1, 0.15) is 4.32 Å². The summed E-state index contributed by atoms with van der Waals surface area (Å²) in [5.41, 5.74) is 0. The fourth-order valence-corrected chi connectivity index (χ4v) is 3.04. The Bertz CT molecular complexity index is 235. The van der Waals surface area contributed by atoms with Crippen molar-refractivity contribution in [3.05, 3.63) is 0 Å². The molecule has 0 aromatic carbocycles. The van der Waals surface area contributed by atoms with Crippen molar-refractivity contribution in [1.82, 2.24) is 0 Å². The maximum absolute atomic E-state index is 10.9. The van der Waals surface area contributed by atoms with E-state index < -0.39 is 21.2 Å². The molecular formula is C10H21BrO5S. The number of carbonyl (C=O) groups is 1. The lowest BCUT2D eigenvalue weighted by atomic mass is 10.1. The number of hydrogen-bond acceptors (Lipinski definition) is 4. The minimum atomic E-state index is -1.91. The molecule has 0 heterocycles. The van der Waals surface area contributed by atoms with Gasteiger partial charge < -0.3 is 5.11 Å². The number of carboxylic acid groups (broad SMARTS) is 1. The zero-order chi connectivity index (χ0) is 13.5. The summed E-state index contributed by atoms with van der Waals surface area (Å²) in [6.07, 6.45) is 2.10. The molecule has 0 aliphatic carbocycles. The zero-order valence-corrected chi connectivity index (χ0v) is 13.1. The lowest BCUT2D eigenvalue weighted by Gasteiger charge is -2.33. The summed E-state index contributed by atoms with van der Waals surface area (Å²) in [6, 6.07) is 0. The summed E-state index contributed by atoms with van der Waals surface area (Å²) in [4.78, 5) is 10.9. The van der Waals surface area contributed by atoms with Crippen LogP contribution in [0.15, 0.2) is 0 Å². The average molecular weight is 333 g/mol. The van der Waals surface area contributed by atoms with E-state index in [1.54, 1.807) is 28.3 Å². The zero-order valence-electron chi connectivity index (χ0n) is 10.7. The minimum absolute atomic E-state index is 0.551. The van der Waals surface area contributed by atoms with Crippen molar-refractivity contribution in [1.29, 1.82) is 0 Å². The number of alkyl halides is 1. The van der Waals surface area contributed by atoms with E-state index >= 15 is 0 Å². The van der Waals surface area contributed by atoms with Crippen molar-refractivity contribution in [2.45, 2.75) is 30.5 Å². The Hall–Kier alpha value is 0.180. The van der Waals surface area contributed by atoms with Gasteiger partial charge in [-0.1, -0.05) is 22.4 Å². The molecule has 104 valence electrons. The second-order valence-corrected chi connectivity index (χ2v) is 8.00. The first-order valence-corrected chi connectivity index (χ1v) is 7.60. The lowest BCUT2D eigenvalue weighted by molar-refractivity contribution is -0.139. The van der Waals surface area contributed by atoms with E-state index in [4.69, 9.17) is 17.7 Å². The monoisotopic (exact) mass is 332 g/mol. The van der Waals surface area contributed by atoms with Gasteiger partial charge in [0, 0.05) is 5.75 Å². The fourth-order valence-electron chi connectivity index (χ4n) is 1.30. The van der Waals surface area contributed by atoms with Crippen molar-refractivity contribution in [3.8, 4) is 0 Å². The van der Waals surface area contributed by atoms with Gasteiger partial charge in [0.15, 0.2) is 0 Å². The predicted molar refractivity (Wildman–Crippen MR) is 72.3 cm³/mol. The van der Waals surface area contributed by atoms with Crippen LogP contribution in [-0.4, -0.2) is 42.5 Å². The van der Waals surface area contributed by atoms with Crippen molar-refractivity contribution in [2.75, 3.05) is 27.1 Å². The molecule has 17 heavy (non-hydrogen) atoms. The Labute approximate surface area is 113 Å². The van der Waals surface area contributed by atoms with Crippen LogP contribution in [0.3, 0.4) is 0 Å². The first-order valence-electron chi connectivity index (χ1n) is 5.23. The van der Waals surface area contributed by atoms with E-state index in [9.17, 15) is 4.79 Å². The van der Waals surface area contributed by atoms with Gasteiger partial charge in [-0.2, -0.15) is 0 Å². The molecule has 1 N–H and O–H groups in total. The molecular weight excluding hydrogens is 312 g/mol. The summed E-state index contributed by atoms with van der Waals surface area (Å²) >= 11 is 3.19. The van der Waals surface area contributed by atoms with Crippen LogP contribution >= 0.6 is 26.8 Å². The van der Waals surface area contributed by atoms with Gasteiger partial charge in [-0.3, -0.25) is 17.3 Å². The Morgan fingerprint density at radius 3 is 2.06 bits per heavy atom. The highest BCUT2D eigenvalue weighted by molar-refractivity contribution is 9.10. The third-order valence-corrected chi connectivity index (χ3v) is 5.55. The second-order valence-electron chi connectivity index (χ2n) is 3.72. The molecule has 0 spiro atoms. The van der Waals surface area contributed by atoms with E-state index in [0.717, 1.165) is 12.8 Å². The second kappa shape index (κ2) is 7.58. The smallest absolute Gasteiger partial charge is 0.320 e. The number of halogens is 1. The van der Waals surface area contributed by atoms with E-state index in [1.807, 2.05) is 0 Å². The molecule has 0 fully saturated rings. The first kappa shape index (κ1) is 17.2. The summed E-state index contributed by atoms with van der Waals surface area (Å²) in [5, 5.41) is 8.92. The molecule has 0 amide bonds. The first-order chi connectivity index (χ1) is 7.83. The van der Waals surface area contributed by atoms with Crippen molar-refractivity contribution in [2.24, 2.45) is 0 Å². The van der Waals surface area contributed by atoms with Crippen molar-refractivity contribution in [3.63, 3.8) is 0 Å². The molecule has 1 unspecified atom stereocenters. The fraction of sp³-hybridized carbons (Fsp3) is 0.900. The van der Waals surface area contributed by atoms with Gasteiger partial charge >= 0.3 is 5.97 Å². The quantitative estimate of drug-likeness (QED) is 0.519. The maximum Gasteiger partial charge on any atom is 0.320 e. The molecule has 0 bridgehead atoms. The molecule has 0 aliphatic heterocycles. The number of unbranched alkanes of at least 4 members (excludes halogenated alkanes) is 1. The van der Waals surface area contributed by atoms with Crippen LogP contribution in [0, 0.1) is 0 Å². The molecule has 0 aromatic rings. The number of aliphatic carboxylic acids is 1. The van der Waals surface area contributed by atoms with Gasteiger partial charge in [-0.15, -0.1) is 0 Å². The standard InChI is InChI=1S/C10H21BrO5S/c1-10(11,9(12)13)7-5-6-8-17(14-2,15-3)16-4/h5-8H2,1-4H3,(H,12,13).